The zero-order chi connectivity index (χ0) is 38.2. The highest BCUT2D eigenvalue weighted by atomic mass is 32.1. The molecule has 2 aromatic rings. The average molecular weight is 755 g/mol. The summed E-state index contributed by atoms with van der Waals surface area (Å²) >= 11 is 3.76. The lowest BCUT2D eigenvalue weighted by Gasteiger charge is -2.32. The zero-order valence-electron chi connectivity index (χ0n) is 35.6. The van der Waals surface area contributed by atoms with Gasteiger partial charge in [0.2, 0.25) is 0 Å². The predicted molar refractivity (Wildman–Crippen MR) is 230 cm³/mol. The van der Waals surface area contributed by atoms with Crippen molar-refractivity contribution >= 4 is 46.5 Å². The maximum absolute atomic E-state index is 6.72. The van der Waals surface area contributed by atoms with Gasteiger partial charge in [-0.25, -0.2) is 0 Å². The Kier molecular flexibility index (Phi) is 16.5. The molecule has 0 N–H and O–H groups in total. The van der Waals surface area contributed by atoms with Gasteiger partial charge in [-0.15, -0.1) is 22.7 Å². The quantitative estimate of drug-likeness (QED) is 0.0836. The first-order valence-electron chi connectivity index (χ1n) is 21.5. The fourth-order valence-electron chi connectivity index (χ4n) is 7.60. The third kappa shape index (κ3) is 11.2. The molecular weight excluding hydrogens is 678 g/mol. The summed E-state index contributed by atoms with van der Waals surface area (Å²) in [5.41, 5.74) is 1.33. The van der Waals surface area contributed by atoms with Crippen LogP contribution in [0.2, 0.25) is 0 Å². The molecule has 4 heterocycles. The molecule has 0 aliphatic carbocycles. The van der Waals surface area contributed by atoms with Crippen LogP contribution in [0.1, 0.15) is 222 Å². The van der Waals surface area contributed by atoms with E-state index in [9.17, 15) is 0 Å². The minimum Gasteiger partial charge on any atom is -0.399 e. The molecule has 0 bridgehead atoms. The van der Waals surface area contributed by atoms with Gasteiger partial charge in [0, 0.05) is 19.3 Å². The minimum absolute atomic E-state index is 0.345. The van der Waals surface area contributed by atoms with Crippen molar-refractivity contribution in [3.63, 3.8) is 0 Å². The van der Waals surface area contributed by atoms with Crippen LogP contribution in [0.3, 0.4) is 0 Å². The van der Waals surface area contributed by atoms with Crippen LogP contribution in [0.15, 0.2) is 12.1 Å². The second kappa shape index (κ2) is 19.5. The van der Waals surface area contributed by atoms with Gasteiger partial charge in [0.15, 0.2) is 0 Å². The Balaban J connectivity index is 1.58. The van der Waals surface area contributed by atoms with E-state index in [4.69, 9.17) is 18.6 Å². The molecule has 0 radical (unpaired) electrons. The maximum atomic E-state index is 6.72. The van der Waals surface area contributed by atoms with Crippen molar-refractivity contribution in [3.8, 4) is 9.75 Å². The summed E-state index contributed by atoms with van der Waals surface area (Å²) in [4.78, 5) is 2.63. The molecule has 52 heavy (non-hydrogen) atoms. The Labute approximate surface area is 329 Å². The molecule has 2 atom stereocenters. The summed E-state index contributed by atoms with van der Waals surface area (Å²) in [7, 11) is -0.690. The highest BCUT2D eigenvalue weighted by Crippen LogP contribution is 2.43. The highest BCUT2D eigenvalue weighted by Gasteiger charge is 2.54. The first-order valence-corrected chi connectivity index (χ1v) is 23.2. The van der Waals surface area contributed by atoms with Gasteiger partial charge < -0.3 is 18.6 Å². The summed E-state index contributed by atoms with van der Waals surface area (Å²) in [5.74, 6) is 0.893. The lowest BCUT2D eigenvalue weighted by atomic mass is 9.80. The number of hydrogen-bond donors (Lipinski definition) is 0. The molecule has 0 spiro atoms. The molecule has 2 aliphatic heterocycles. The predicted octanol–water partition coefficient (Wildman–Crippen LogP) is 13.3. The fourth-order valence-corrected chi connectivity index (χ4v) is 10.2. The van der Waals surface area contributed by atoms with Crippen LogP contribution >= 0.6 is 22.7 Å². The van der Waals surface area contributed by atoms with Crippen LogP contribution < -0.4 is 9.55 Å². The number of rotatable bonds is 23. The van der Waals surface area contributed by atoms with Crippen molar-refractivity contribution in [3.05, 3.63) is 23.3 Å². The van der Waals surface area contributed by atoms with E-state index < -0.39 is 0 Å². The van der Waals surface area contributed by atoms with E-state index in [0.717, 1.165) is 0 Å². The van der Waals surface area contributed by atoms with Crippen LogP contribution in [-0.4, -0.2) is 36.6 Å². The van der Waals surface area contributed by atoms with E-state index in [1.807, 2.05) is 22.7 Å². The highest BCUT2D eigenvalue weighted by molar-refractivity contribution is 7.31. The van der Waals surface area contributed by atoms with Crippen molar-refractivity contribution in [1.29, 1.82) is 0 Å². The van der Waals surface area contributed by atoms with Crippen molar-refractivity contribution in [2.75, 3.05) is 0 Å². The summed E-state index contributed by atoms with van der Waals surface area (Å²) in [6, 6.07) is 4.96. The van der Waals surface area contributed by atoms with Crippen molar-refractivity contribution in [2.45, 2.75) is 233 Å². The molecule has 0 saturated carbocycles. The van der Waals surface area contributed by atoms with Crippen molar-refractivity contribution in [2.24, 2.45) is 0 Å². The third-order valence-electron chi connectivity index (χ3n) is 12.8. The van der Waals surface area contributed by atoms with Crippen LogP contribution in [0.25, 0.3) is 9.75 Å². The fraction of sp³-hybridized carbons (Fsp3) is 0.818. The topological polar surface area (TPSA) is 36.9 Å². The van der Waals surface area contributed by atoms with E-state index in [0.29, 0.717) is 11.8 Å². The first kappa shape index (κ1) is 44.1. The molecule has 2 aromatic heterocycles. The summed E-state index contributed by atoms with van der Waals surface area (Å²) in [6.45, 7) is 26.8. The van der Waals surface area contributed by atoms with E-state index >= 15 is 0 Å². The molecule has 2 saturated heterocycles. The monoisotopic (exact) mass is 755 g/mol. The molecule has 294 valence electrons. The van der Waals surface area contributed by atoms with Gasteiger partial charge in [-0.05, 0) is 103 Å². The molecule has 8 heteroatoms. The van der Waals surface area contributed by atoms with E-state index in [2.05, 4.69) is 95.2 Å². The molecular formula is C44H76B2O4S2. The number of hydrogen-bond acceptors (Lipinski definition) is 6. The molecule has 4 nitrogen and oxygen atoms in total. The molecule has 0 amide bonds. The lowest BCUT2D eigenvalue weighted by molar-refractivity contribution is 0.00578. The molecule has 2 unspecified atom stereocenters. The Morgan fingerprint density at radius 2 is 0.731 bits per heavy atom. The van der Waals surface area contributed by atoms with Gasteiger partial charge >= 0.3 is 14.2 Å². The smallest absolute Gasteiger partial charge is 0.399 e. The van der Waals surface area contributed by atoms with Crippen LogP contribution in [0.5, 0.6) is 0 Å². The van der Waals surface area contributed by atoms with Crippen LogP contribution in [0, 0.1) is 0 Å². The average Bonchev–Trinajstić information content (AvgIpc) is 3.81. The van der Waals surface area contributed by atoms with E-state index in [1.165, 1.54) is 146 Å². The van der Waals surface area contributed by atoms with E-state index in [-0.39, 0.29) is 36.6 Å². The maximum Gasteiger partial charge on any atom is 0.505 e. The van der Waals surface area contributed by atoms with Gasteiger partial charge in [-0.2, -0.15) is 0 Å². The summed E-state index contributed by atoms with van der Waals surface area (Å²) in [5, 5.41) is 0. The standard InChI is InChI=1S/C44H76B2O4S2/c1-13-15-17-19-21-23-25-27-29-33(3)35-31-37(51-39(35)45-47-41(5,6)42(7,8)48-45)38-32-36(34(4)30-28-26-24-22-20-18-16-14-2)40(52-38)46-49-43(9,10)44(11,12)50-46/h31-34H,13-30H2,1-12H3. The summed E-state index contributed by atoms with van der Waals surface area (Å²) < 4.78 is 29.4. The summed E-state index contributed by atoms with van der Waals surface area (Å²) in [6.07, 6.45) is 24.0. The lowest BCUT2D eigenvalue weighted by Crippen LogP contribution is -2.41. The Morgan fingerprint density at radius 1 is 0.462 bits per heavy atom. The van der Waals surface area contributed by atoms with Gasteiger partial charge in [0.05, 0.1) is 22.4 Å². The second-order valence-electron chi connectivity index (χ2n) is 18.4. The molecule has 0 aromatic carbocycles. The third-order valence-corrected chi connectivity index (χ3v) is 15.3. The van der Waals surface area contributed by atoms with Crippen molar-refractivity contribution < 1.29 is 18.6 Å². The Hall–Kier alpha value is -0.630. The molecule has 4 rings (SSSR count). The van der Waals surface area contributed by atoms with Gasteiger partial charge in [0.25, 0.3) is 0 Å². The molecule has 2 fully saturated rings. The van der Waals surface area contributed by atoms with Crippen LogP contribution in [0.4, 0.5) is 0 Å². The number of unbranched alkanes of at least 4 members (excludes halogenated alkanes) is 14. The normalized spacial score (nSPS) is 20.2. The minimum atomic E-state index is -0.370. The largest absolute Gasteiger partial charge is 0.505 e. The molecule has 2 aliphatic rings. The number of thiophene rings is 2. The van der Waals surface area contributed by atoms with Crippen molar-refractivity contribution in [1.82, 2.24) is 0 Å². The van der Waals surface area contributed by atoms with Gasteiger partial charge in [-0.3, -0.25) is 0 Å². The van der Waals surface area contributed by atoms with E-state index in [1.54, 1.807) is 0 Å². The second-order valence-corrected chi connectivity index (χ2v) is 20.5. The van der Waals surface area contributed by atoms with Gasteiger partial charge in [-0.1, -0.05) is 130 Å². The Morgan fingerprint density at radius 3 is 1.02 bits per heavy atom. The Bertz CT molecular complexity index is 1230. The van der Waals surface area contributed by atoms with Crippen LogP contribution in [-0.2, 0) is 18.6 Å². The zero-order valence-corrected chi connectivity index (χ0v) is 37.3. The first-order chi connectivity index (χ1) is 24.5. The SMILES string of the molecule is CCCCCCCCCCC(C)c1cc(-c2cc(C(C)CCCCCCCCCC)c(B3OC(C)(C)C(C)(C)O3)s2)sc1B1OC(C)(C)C(C)(C)O1. The van der Waals surface area contributed by atoms with Gasteiger partial charge in [0.1, 0.15) is 0 Å².